The monoisotopic (exact) mass is 361 g/mol. The van der Waals surface area contributed by atoms with Gasteiger partial charge >= 0.3 is 5.97 Å². The predicted molar refractivity (Wildman–Crippen MR) is 94.0 cm³/mol. The highest BCUT2D eigenvalue weighted by Crippen LogP contribution is 2.28. The van der Waals surface area contributed by atoms with Gasteiger partial charge < -0.3 is 23.9 Å². The van der Waals surface area contributed by atoms with E-state index in [0.29, 0.717) is 23.7 Å². The fourth-order valence-electron chi connectivity index (χ4n) is 2.32. The number of hydrogen-bond acceptors (Lipinski definition) is 6. The number of methoxy groups -OCH3 is 2. The third-order valence-corrected chi connectivity index (χ3v) is 3.76. The molecule has 1 N–H and O–H groups in total. The number of carbonyl (C=O) groups excluding carboxylic acids is 2. The smallest absolute Gasteiger partial charge is 0.306 e. The normalized spacial score (nSPS) is 11.5. The maximum absolute atomic E-state index is 12.0. The van der Waals surface area contributed by atoms with Crippen molar-refractivity contribution in [1.29, 1.82) is 0 Å². The van der Waals surface area contributed by atoms with Crippen LogP contribution >= 0.6 is 0 Å². The lowest BCUT2D eigenvalue weighted by molar-refractivity contribution is -0.154. The molecule has 26 heavy (non-hydrogen) atoms. The molecule has 1 atom stereocenters. The Morgan fingerprint density at radius 3 is 2.58 bits per heavy atom. The second-order valence-corrected chi connectivity index (χ2v) is 5.62. The van der Waals surface area contributed by atoms with Crippen molar-refractivity contribution in [2.45, 2.75) is 32.4 Å². The van der Waals surface area contributed by atoms with Crippen LogP contribution in [0.1, 0.15) is 24.7 Å². The predicted octanol–water partition coefficient (Wildman–Crippen LogP) is 2.48. The first kappa shape index (κ1) is 19.4. The quantitative estimate of drug-likeness (QED) is 0.691. The lowest BCUT2D eigenvalue weighted by Gasteiger charge is -2.13. The molecule has 0 fully saturated rings. The van der Waals surface area contributed by atoms with E-state index in [1.165, 1.54) is 13.2 Å². The summed E-state index contributed by atoms with van der Waals surface area (Å²) in [5, 5.41) is 2.65. The number of hydrogen-bond donors (Lipinski definition) is 1. The molecule has 0 unspecified atom stereocenters. The molecular weight excluding hydrogens is 338 g/mol. The van der Waals surface area contributed by atoms with E-state index < -0.39 is 12.1 Å². The maximum atomic E-state index is 12.0. The summed E-state index contributed by atoms with van der Waals surface area (Å²) in [6.45, 7) is 1.78. The number of nitrogens with one attached hydrogen (secondary N) is 1. The molecule has 1 heterocycles. The Morgan fingerprint density at radius 1 is 1.15 bits per heavy atom. The average Bonchev–Trinajstić information content (AvgIpc) is 3.17. The van der Waals surface area contributed by atoms with E-state index in [2.05, 4.69) is 5.32 Å². The topological polar surface area (TPSA) is 87.0 Å². The minimum Gasteiger partial charge on any atom is -0.493 e. The van der Waals surface area contributed by atoms with Crippen molar-refractivity contribution in [3.05, 3.63) is 47.9 Å². The molecular formula is C19H23NO6. The number of rotatable bonds is 9. The Morgan fingerprint density at radius 2 is 1.92 bits per heavy atom. The van der Waals surface area contributed by atoms with Gasteiger partial charge in [0, 0.05) is 6.42 Å². The molecule has 0 aliphatic carbocycles. The third-order valence-electron chi connectivity index (χ3n) is 3.76. The van der Waals surface area contributed by atoms with Crippen LogP contribution in [0.15, 0.2) is 41.0 Å². The first-order valence-corrected chi connectivity index (χ1v) is 8.24. The molecule has 0 saturated heterocycles. The Hall–Kier alpha value is -2.96. The van der Waals surface area contributed by atoms with E-state index in [1.54, 1.807) is 32.4 Å². The van der Waals surface area contributed by atoms with Crippen LogP contribution in [0.4, 0.5) is 0 Å². The summed E-state index contributed by atoms with van der Waals surface area (Å²) in [6.07, 6.45) is 1.28. The molecule has 0 radical (unpaired) electrons. The first-order valence-electron chi connectivity index (χ1n) is 8.24. The second kappa shape index (κ2) is 9.50. The van der Waals surface area contributed by atoms with Crippen molar-refractivity contribution in [2.75, 3.05) is 14.2 Å². The highest BCUT2D eigenvalue weighted by atomic mass is 16.5. The van der Waals surface area contributed by atoms with Crippen molar-refractivity contribution in [1.82, 2.24) is 5.32 Å². The molecule has 1 amide bonds. The lowest BCUT2D eigenvalue weighted by Crippen LogP contribution is -2.35. The van der Waals surface area contributed by atoms with Crippen molar-refractivity contribution in [3.63, 3.8) is 0 Å². The molecule has 140 valence electrons. The molecule has 1 aromatic heterocycles. The van der Waals surface area contributed by atoms with Crippen LogP contribution in [-0.2, 0) is 27.3 Å². The molecule has 2 aromatic rings. The van der Waals surface area contributed by atoms with Gasteiger partial charge in [0.2, 0.25) is 0 Å². The van der Waals surface area contributed by atoms with Crippen molar-refractivity contribution >= 4 is 11.9 Å². The summed E-state index contributed by atoms with van der Waals surface area (Å²) < 4.78 is 20.7. The maximum Gasteiger partial charge on any atom is 0.306 e. The summed E-state index contributed by atoms with van der Waals surface area (Å²) in [6, 6.07) is 8.93. The van der Waals surface area contributed by atoms with E-state index in [9.17, 15) is 9.59 Å². The molecule has 7 nitrogen and oxygen atoms in total. The molecule has 0 saturated carbocycles. The van der Waals surface area contributed by atoms with Gasteiger partial charge in [-0.15, -0.1) is 0 Å². The zero-order valence-corrected chi connectivity index (χ0v) is 15.1. The number of aryl methyl sites for hydroxylation is 1. The van der Waals surface area contributed by atoms with E-state index in [1.807, 2.05) is 12.1 Å². The lowest BCUT2D eigenvalue weighted by atomic mass is 10.1. The molecule has 1 aromatic carbocycles. The van der Waals surface area contributed by atoms with Crippen LogP contribution in [-0.4, -0.2) is 32.2 Å². The van der Waals surface area contributed by atoms with Gasteiger partial charge in [0.25, 0.3) is 5.91 Å². The van der Waals surface area contributed by atoms with Gasteiger partial charge in [0.05, 0.1) is 27.0 Å². The van der Waals surface area contributed by atoms with E-state index in [-0.39, 0.29) is 18.9 Å². The fraction of sp³-hybridized carbons (Fsp3) is 0.368. The van der Waals surface area contributed by atoms with Crippen molar-refractivity contribution < 1.29 is 28.2 Å². The van der Waals surface area contributed by atoms with Crippen molar-refractivity contribution in [2.24, 2.45) is 0 Å². The van der Waals surface area contributed by atoms with E-state index in [4.69, 9.17) is 18.6 Å². The highest BCUT2D eigenvalue weighted by Gasteiger charge is 2.18. The number of furan rings is 1. The summed E-state index contributed by atoms with van der Waals surface area (Å²) in [4.78, 5) is 23.9. The van der Waals surface area contributed by atoms with E-state index in [0.717, 1.165) is 5.56 Å². The van der Waals surface area contributed by atoms with Gasteiger partial charge in [-0.3, -0.25) is 9.59 Å². The molecule has 0 aliphatic heterocycles. The van der Waals surface area contributed by atoms with Gasteiger partial charge in [-0.05, 0) is 43.2 Å². The number of ether oxygens (including phenoxy) is 3. The minimum absolute atomic E-state index is 0.158. The molecule has 0 aliphatic rings. The summed E-state index contributed by atoms with van der Waals surface area (Å²) >= 11 is 0. The number of carbonyl (C=O) groups is 2. The van der Waals surface area contributed by atoms with Gasteiger partial charge in [-0.2, -0.15) is 0 Å². The third kappa shape index (κ3) is 5.54. The fourth-order valence-corrected chi connectivity index (χ4v) is 2.32. The summed E-state index contributed by atoms with van der Waals surface area (Å²) in [5.41, 5.74) is 0.912. The Balaban J connectivity index is 1.77. The van der Waals surface area contributed by atoms with Gasteiger partial charge in [0.1, 0.15) is 5.76 Å². The van der Waals surface area contributed by atoms with Crippen molar-refractivity contribution in [3.8, 4) is 11.5 Å². The Kier molecular flexibility index (Phi) is 7.08. The zero-order valence-electron chi connectivity index (χ0n) is 15.1. The van der Waals surface area contributed by atoms with Crippen LogP contribution in [0.25, 0.3) is 0 Å². The summed E-state index contributed by atoms with van der Waals surface area (Å²) in [7, 11) is 3.12. The van der Waals surface area contributed by atoms with Gasteiger partial charge in [-0.25, -0.2) is 0 Å². The zero-order chi connectivity index (χ0) is 18.9. The number of amides is 1. The standard InChI is InChI=1S/C19H23NO6/c1-13(19(22)20-12-15-5-4-10-25-15)26-18(21)9-7-14-6-8-16(23-2)17(11-14)24-3/h4-6,8,10-11,13H,7,9,12H2,1-3H3,(H,20,22)/t13-/m1/s1. The first-order chi connectivity index (χ1) is 12.5. The minimum atomic E-state index is -0.872. The number of esters is 1. The molecule has 0 spiro atoms. The molecule has 7 heteroatoms. The summed E-state index contributed by atoms with van der Waals surface area (Å²) in [5.74, 6) is 1.04. The van der Waals surface area contributed by atoms with Gasteiger partial charge in [0.15, 0.2) is 17.6 Å². The second-order valence-electron chi connectivity index (χ2n) is 5.62. The average molecular weight is 361 g/mol. The van der Waals surface area contributed by atoms with Crippen LogP contribution in [0.2, 0.25) is 0 Å². The largest absolute Gasteiger partial charge is 0.493 e. The van der Waals surface area contributed by atoms with Gasteiger partial charge in [-0.1, -0.05) is 6.07 Å². The van der Waals surface area contributed by atoms with E-state index >= 15 is 0 Å². The Bertz CT molecular complexity index is 726. The van der Waals surface area contributed by atoms with Crippen LogP contribution in [0.3, 0.4) is 0 Å². The highest BCUT2D eigenvalue weighted by molar-refractivity contribution is 5.83. The van der Waals surface area contributed by atoms with Crippen LogP contribution < -0.4 is 14.8 Å². The molecule has 0 bridgehead atoms. The number of benzene rings is 1. The van der Waals surface area contributed by atoms with Crippen LogP contribution in [0, 0.1) is 0 Å². The Labute approximate surface area is 152 Å². The van der Waals surface area contributed by atoms with Crippen LogP contribution in [0.5, 0.6) is 11.5 Å². The molecule has 2 rings (SSSR count). The SMILES string of the molecule is COc1ccc(CCC(=O)O[C@H](C)C(=O)NCc2ccco2)cc1OC.